The summed E-state index contributed by atoms with van der Waals surface area (Å²) in [5, 5.41) is 78.0. The van der Waals surface area contributed by atoms with Crippen molar-refractivity contribution in [3.8, 4) is 79.0 Å². The summed E-state index contributed by atoms with van der Waals surface area (Å²) >= 11 is 0. The van der Waals surface area contributed by atoms with Gasteiger partial charge in [-0.25, -0.2) is 54.3 Å². The van der Waals surface area contributed by atoms with E-state index >= 15 is 0 Å². The van der Waals surface area contributed by atoms with Gasteiger partial charge in [-0.15, -0.1) is 0 Å². The lowest BCUT2D eigenvalue weighted by atomic mass is 10.0. The largest absolute Gasteiger partial charge is 0.493 e. The summed E-state index contributed by atoms with van der Waals surface area (Å²) in [5.74, 6) is -3.45. The van der Waals surface area contributed by atoms with Crippen molar-refractivity contribution in [2.75, 3.05) is 34.0 Å². The number of carbonyl (C=O) groups excluding carboxylic acids is 3. The molecule has 0 spiro atoms. The van der Waals surface area contributed by atoms with Crippen molar-refractivity contribution in [3.05, 3.63) is 168 Å². The molecule has 0 unspecified atom stereocenters. The number of aliphatic hydroxyl groups is 3. The van der Waals surface area contributed by atoms with Crippen molar-refractivity contribution in [2.24, 2.45) is 42.3 Å². The van der Waals surface area contributed by atoms with Gasteiger partial charge in [-0.2, -0.15) is 30.6 Å². The van der Waals surface area contributed by atoms with Crippen LogP contribution in [-0.2, 0) is 42.3 Å². The number of Topliss-reactive ketones (excluding diaryl/α,β-unsaturated/α-hetero) is 3. The van der Waals surface area contributed by atoms with E-state index in [0.29, 0.717) is 102 Å². The van der Waals surface area contributed by atoms with Gasteiger partial charge in [0.1, 0.15) is 73.6 Å². The minimum atomic E-state index is -1.07. The standard InChI is InChI=1S/C12H14N4O2.C11H12N4O3.C11H12N4O2.C10H10N4O3.2C10H10N4O2/c1-7-8(2)13-6-14-11(7)9-4-15-16(3)12(9)10(18)5-17;1-15-11(8(17)5-16)7(3-14-15)10-9(18-2)4-12-6-13-10;1-7-10(13-4-3-12-7)8-5-14-15(2)11(8)9(17)6-16;1-14-9(10(15)16)6(3-13-14)8-7(17-2)4-11-5-12-8;1-6-3-11-5-12-8(6)7-4-13-14(2)9(7)10(15)16;1-6-8(12-4-3-11-6)7-5-13-14(2)9(7)10(15)16/h4,6,17H,5H2,1-3H3;3-4,6,16H,5H2,1-2H3;3-5,16H,6H2,1-2H3;3-5H,1-2H3,(H,15,16);2*3-5H,1-2H3,(H,15,16). The molecule has 12 aromatic rings. The molecule has 12 rings (SSSR count). The molecule has 12 heterocycles. The number of aryl methyl sites for hydroxylation is 10. The molecule has 102 heavy (non-hydrogen) atoms. The molecule has 0 amide bonds. The van der Waals surface area contributed by atoms with Gasteiger partial charge in [-0.1, -0.05) is 0 Å². The first-order valence-corrected chi connectivity index (χ1v) is 29.8. The van der Waals surface area contributed by atoms with Crippen LogP contribution in [0.15, 0.2) is 106 Å². The monoisotopic (exact) mass is 1400 g/mol. The van der Waals surface area contributed by atoms with Gasteiger partial charge in [0.25, 0.3) is 0 Å². The number of ketones is 3. The number of carboxylic acids is 3. The van der Waals surface area contributed by atoms with Crippen molar-refractivity contribution < 1.29 is 68.9 Å². The first-order valence-electron chi connectivity index (χ1n) is 29.8. The van der Waals surface area contributed by atoms with Crippen LogP contribution >= 0.6 is 0 Å². The Bertz CT molecular complexity index is 4890. The summed E-state index contributed by atoms with van der Waals surface area (Å²) in [7, 11) is 12.6. The van der Waals surface area contributed by atoms with E-state index in [1.54, 1.807) is 86.4 Å². The molecule has 0 radical (unpaired) electrons. The molecule has 0 fully saturated rings. The SMILES string of the molecule is COc1cncnc1-c1cnn(C)c1C(=O)CO.COc1cncnc1-c1cnn(C)c1C(=O)O.Cc1cncnc1-c1cnn(C)c1C(=O)O.Cc1nccnc1-c1cnn(C)c1C(=O)CO.Cc1nccnc1-c1cnn(C)c1C(=O)O.Cc1ncnc(-c2cnn(C)c2C(=O)CO)c1C. The first kappa shape index (κ1) is 76.0. The number of ether oxygens (including phenoxy) is 2. The number of aromatic carboxylic acids is 3. The highest BCUT2D eigenvalue weighted by Crippen LogP contribution is 2.32. The van der Waals surface area contributed by atoms with Crippen molar-refractivity contribution in [1.29, 1.82) is 0 Å². The van der Waals surface area contributed by atoms with E-state index in [0.717, 1.165) is 16.8 Å². The maximum atomic E-state index is 11.7. The molecular weight excluding hydrogens is 1330 g/mol. The second-order valence-corrected chi connectivity index (χ2v) is 21.2. The Labute approximate surface area is 578 Å². The number of hydrogen-bond donors (Lipinski definition) is 6. The van der Waals surface area contributed by atoms with Crippen LogP contribution in [0, 0.1) is 34.6 Å². The molecule has 38 nitrogen and oxygen atoms in total. The van der Waals surface area contributed by atoms with Gasteiger partial charge >= 0.3 is 17.9 Å². The average Bonchev–Trinajstić information content (AvgIpc) is 1.64. The molecule has 38 heteroatoms. The molecule has 0 saturated carbocycles. The van der Waals surface area contributed by atoms with Crippen LogP contribution in [0.4, 0.5) is 0 Å². The average molecular weight is 1400 g/mol. The van der Waals surface area contributed by atoms with Gasteiger partial charge in [-0.05, 0) is 45.7 Å². The molecule has 0 aliphatic rings. The summed E-state index contributed by atoms with van der Waals surface area (Å²) in [6.07, 6.45) is 25.5. The number of aromatic nitrogens is 24. The number of carbonyl (C=O) groups is 6. The number of methoxy groups -OCH3 is 2. The molecule has 0 aliphatic carbocycles. The fourth-order valence-electron chi connectivity index (χ4n) is 9.81. The number of carboxylic acid groups (broad SMARTS) is 3. The highest BCUT2D eigenvalue weighted by atomic mass is 16.5. The molecular formula is C64H68N24O14. The Morgan fingerprint density at radius 1 is 0.333 bits per heavy atom. The van der Waals surface area contributed by atoms with Crippen LogP contribution in [0.1, 0.15) is 91.1 Å². The van der Waals surface area contributed by atoms with Crippen LogP contribution in [-0.4, -0.2) is 218 Å². The van der Waals surface area contributed by atoms with Gasteiger partial charge in [0, 0.05) is 84.5 Å². The summed E-state index contributed by atoms with van der Waals surface area (Å²) in [5.41, 5.74) is 11.7. The lowest BCUT2D eigenvalue weighted by Gasteiger charge is -2.07. The molecule has 12 aromatic heterocycles. The van der Waals surface area contributed by atoms with Gasteiger partial charge in [0.2, 0.25) is 17.3 Å². The Balaban J connectivity index is 0.000000172. The number of nitrogens with zero attached hydrogens (tertiary/aromatic N) is 24. The zero-order valence-electron chi connectivity index (χ0n) is 57.1. The van der Waals surface area contributed by atoms with E-state index in [2.05, 4.69) is 90.4 Å². The van der Waals surface area contributed by atoms with Crippen molar-refractivity contribution in [2.45, 2.75) is 34.6 Å². The highest BCUT2D eigenvalue weighted by molar-refractivity contribution is 6.03. The Kier molecular flexibility index (Phi) is 25.9. The predicted octanol–water partition coefficient (Wildman–Crippen LogP) is 3.44. The zero-order chi connectivity index (χ0) is 74.6. The third-order valence-electron chi connectivity index (χ3n) is 14.8. The van der Waals surface area contributed by atoms with Gasteiger partial charge < -0.3 is 40.1 Å². The van der Waals surface area contributed by atoms with Crippen LogP contribution in [0.3, 0.4) is 0 Å². The maximum Gasteiger partial charge on any atom is 0.354 e. The Hall–Kier alpha value is -13.4. The molecule has 0 aromatic carbocycles. The number of hydrogen-bond acceptors (Lipinski definition) is 29. The zero-order valence-corrected chi connectivity index (χ0v) is 57.1. The Morgan fingerprint density at radius 2 is 0.618 bits per heavy atom. The van der Waals surface area contributed by atoms with E-state index in [1.807, 2.05) is 27.7 Å². The van der Waals surface area contributed by atoms with Gasteiger partial charge in [0.05, 0.1) is 126 Å². The van der Waals surface area contributed by atoms with Crippen molar-refractivity contribution >= 4 is 35.3 Å². The van der Waals surface area contributed by atoms with Crippen LogP contribution in [0.2, 0.25) is 0 Å². The smallest absolute Gasteiger partial charge is 0.354 e. The summed E-state index contributed by atoms with van der Waals surface area (Å²) in [6.45, 7) is 7.51. The van der Waals surface area contributed by atoms with Crippen molar-refractivity contribution in [1.82, 2.24) is 118 Å². The fraction of sp³-hybridized carbons (Fsp3) is 0.250. The first-order chi connectivity index (χ1) is 48.8. The molecule has 0 saturated heterocycles. The number of aliphatic hydroxyl groups excluding tert-OH is 3. The molecule has 0 bridgehead atoms. The van der Waals surface area contributed by atoms with Crippen LogP contribution in [0.25, 0.3) is 67.5 Å². The van der Waals surface area contributed by atoms with E-state index in [1.165, 1.54) is 111 Å². The molecule has 0 aliphatic heterocycles. The topological polar surface area (TPSA) is 504 Å². The van der Waals surface area contributed by atoms with E-state index < -0.39 is 43.5 Å². The van der Waals surface area contributed by atoms with Crippen LogP contribution in [0.5, 0.6) is 11.5 Å². The lowest BCUT2D eigenvalue weighted by Crippen LogP contribution is -2.12. The molecule has 528 valence electrons. The fourth-order valence-corrected chi connectivity index (χ4v) is 9.81. The van der Waals surface area contributed by atoms with Gasteiger partial charge in [-0.3, -0.25) is 62.4 Å². The third kappa shape index (κ3) is 17.3. The second-order valence-electron chi connectivity index (χ2n) is 21.2. The van der Waals surface area contributed by atoms with Gasteiger partial charge in [0.15, 0.2) is 28.6 Å². The summed E-state index contributed by atoms with van der Waals surface area (Å²) in [6, 6.07) is 0. The van der Waals surface area contributed by atoms with E-state index in [9.17, 15) is 28.8 Å². The normalized spacial score (nSPS) is 10.4. The Morgan fingerprint density at radius 3 is 0.951 bits per heavy atom. The quantitative estimate of drug-likeness (QED) is 0.0711. The minimum absolute atomic E-state index is 0.0574. The third-order valence-corrected chi connectivity index (χ3v) is 14.8. The molecule has 0 atom stereocenters. The van der Waals surface area contributed by atoms with E-state index in [4.69, 9.17) is 40.1 Å². The second kappa shape index (κ2) is 34.7. The number of rotatable bonds is 17. The van der Waals surface area contributed by atoms with Crippen LogP contribution < -0.4 is 9.47 Å². The lowest BCUT2D eigenvalue weighted by molar-refractivity contribution is 0.0675. The predicted molar refractivity (Wildman–Crippen MR) is 357 cm³/mol. The summed E-state index contributed by atoms with van der Waals surface area (Å²) < 4.78 is 18.4. The minimum Gasteiger partial charge on any atom is -0.493 e. The summed E-state index contributed by atoms with van der Waals surface area (Å²) in [4.78, 5) is 117. The molecule has 6 N–H and O–H groups in total. The van der Waals surface area contributed by atoms with Crippen molar-refractivity contribution in [3.63, 3.8) is 0 Å². The highest BCUT2D eigenvalue weighted by Gasteiger charge is 2.26. The van der Waals surface area contributed by atoms with E-state index in [-0.39, 0.29) is 34.3 Å². The maximum absolute atomic E-state index is 11.7.